The van der Waals surface area contributed by atoms with Crippen LogP contribution in [0.3, 0.4) is 0 Å². The maximum absolute atomic E-state index is 5.65. The number of nitrogen functional groups attached to an aromatic ring is 1. The van der Waals surface area contributed by atoms with Crippen molar-refractivity contribution in [3.63, 3.8) is 0 Å². The predicted molar refractivity (Wildman–Crippen MR) is 54.0 cm³/mol. The topological polar surface area (TPSA) is 64.9 Å². The van der Waals surface area contributed by atoms with Crippen molar-refractivity contribution in [2.24, 2.45) is 5.73 Å². The van der Waals surface area contributed by atoms with E-state index in [1.807, 2.05) is 13.0 Å². The van der Waals surface area contributed by atoms with Crippen LogP contribution in [-0.4, -0.2) is 4.98 Å². The van der Waals surface area contributed by atoms with Gasteiger partial charge in [-0.3, -0.25) is 0 Å². The second kappa shape index (κ2) is 3.36. The maximum Gasteiger partial charge on any atom is 0.136 e. The van der Waals surface area contributed by atoms with E-state index in [-0.39, 0.29) is 6.04 Å². The zero-order valence-corrected chi connectivity index (χ0v) is 8.37. The van der Waals surface area contributed by atoms with E-state index < -0.39 is 0 Å². The van der Waals surface area contributed by atoms with Crippen LogP contribution in [0, 0.1) is 3.57 Å². The summed E-state index contributed by atoms with van der Waals surface area (Å²) in [6.45, 7) is 1.92. The summed E-state index contributed by atoms with van der Waals surface area (Å²) in [4.78, 5) is 3.99. The van der Waals surface area contributed by atoms with Gasteiger partial charge in [-0.05, 0) is 41.1 Å². The number of anilines is 1. The smallest absolute Gasteiger partial charge is 0.136 e. The Morgan fingerprint density at radius 3 is 2.73 bits per heavy atom. The Labute approximate surface area is 79.3 Å². The first-order valence-corrected chi connectivity index (χ1v) is 4.35. The van der Waals surface area contributed by atoms with E-state index in [9.17, 15) is 0 Å². The largest absolute Gasteiger partial charge is 0.383 e. The molecule has 0 aliphatic rings. The summed E-state index contributed by atoms with van der Waals surface area (Å²) in [5.41, 5.74) is 12.2. The van der Waals surface area contributed by atoms with Crippen molar-refractivity contribution < 1.29 is 0 Å². The predicted octanol–water partition coefficient (Wildman–Crippen LogP) is 1.29. The minimum absolute atomic E-state index is 0.0246. The minimum Gasteiger partial charge on any atom is -0.383 e. The van der Waals surface area contributed by atoms with Gasteiger partial charge in [-0.15, -0.1) is 0 Å². The Morgan fingerprint density at radius 2 is 2.27 bits per heavy atom. The molecule has 4 heteroatoms. The summed E-state index contributed by atoms with van der Waals surface area (Å²) >= 11 is 2.14. The normalized spacial score (nSPS) is 13.0. The quantitative estimate of drug-likeness (QED) is 0.750. The summed E-state index contributed by atoms with van der Waals surface area (Å²) in [6, 6.07) is 1.98. The standard InChI is InChI=1S/C7H10IN3/c1-4(9)5-2-6(8)7(10)11-3-5/h2-4H,9H2,1H3,(H2,10,11)/t4-/m1/s1. The van der Waals surface area contributed by atoms with E-state index >= 15 is 0 Å². The molecule has 1 rings (SSSR count). The fourth-order valence-electron chi connectivity index (χ4n) is 0.712. The summed E-state index contributed by atoms with van der Waals surface area (Å²) in [5, 5.41) is 0. The van der Waals surface area contributed by atoms with Gasteiger partial charge in [0.15, 0.2) is 0 Å². The second-order valence-corrected chi connectivity index (χ2v) is 3.59. The molecule has 0 unspecified atom stereocenters. The van der Waals surface area contributed by atoms with E-state index in [0.29, 0.717) is 5.82 Å². The molecule has 0 aliphatic carbocycles. The number of halogens is 1. The molecule has 11 heavy (non-hydrogen) atoms. The van der Waals surface area contributed by atoms with Crippen LogP contribution in [0.4, 0.5) is 5.82 Å². The minimum atomic E-state index is 0.0246. The molecule has 1 atom stereocenters. The SMILES string of the molecule is C[C@@H](N)c1cnc(N)c(I)c1. The van der Waals surface area contributed by atoms with E-state index in [0.717, 1.165) is 9.13 Å². The molecule has 0 bridgehead atoms. The van der Waals surface area contributed by atoms with Crippen molar-refractivity contribution in [2.75, 3.05) is 5.73 Å². The molecule has 3 nitrogen and oxygen atoms in total. The van der Waals surface area contributed by atoms with Crippen LogP contribution in [0.5, 0.6) is 0 Å². The summed E-state index contributed by atoms with van der Waals surface area (Å²) in [7, 11) is 0. The van der Waals surface area contributed by atoms with Crippen LogP contribution in [0.2, 0.25) is 0 Å². The van der Waals surface area contributed by atoms with Crippen molar-refractivity contribution >= 4 is 28.4 Å². The summed E-state index contributed by atoms with van der Waals surface area (Å²) in [6.07, 6.45) is 1.71. The molecule has 0 saturated heterocycles. The number of hydrogen-bond acceptors (Lipinski definition) is 3. The first-order valence-electron chi connectivity index (χ1n) is 3.27. The molecular formula is C7H10IN3. The number of nitrogens with two attached hydrogens (primary N) is 2. The Bertz CT molecular complexity index is 260. The zero-order valence-electron chi connectivity index (χ0n) is 6.21. The molecule has 1 heterocycles. The molecule has 1 aromatic heterocycles. The van der Waals surface area contributed by atoms with Crippen LogP contribution < -0.4 is 11.5 Å². The lowest BCUT2D eigenvalue weighted by Gasteiger charge is -2.05. The highest BCUT2D eigenvalue weighted by molar-refractivity contribution is 14.1. The number of pyridine rings is 1. The van der Waals surface area contributed by atoms with Gasteiger partial charge < -0.3 is 11.5 Å². The molecule has 0 fully saturated rings. The highest BCUT2D eigenvalue weighted by Crippen LogP contribution is 2.16. The van der Waals surface area contributed by atoms with E-state index in [4.69, 9.17) is 11.5 Å². The highest BCUT2D eigenvalue weighted by Gasteiger charge is 2.02. The highest BCUT2D eigenvalue weighted by atomic mass is 127. The van der Waals surface area contributed by atoms with E-state index in [2.05, 4.69) is 27.6 Å². The van der Waals surface area contributed by atoms with E-state index in [1.165, 1.54) is 0 Å². The molecule has 0 aromatic carbocycles. The molecular weight excluding hydrogens is 253 g/mol. The first kappa shape index (κ1) is 8.73. The molecule has 0 radical (unpaired) electrons. The Morgan fingerprint density at radius 1 is 1.64 bits per heavy atom. The molecule has 60 valence electrons. The fraction of sp³-hybridized carbons (Fsp3) is 0.286. The third-order valence-electron chi connectivity index (χ3n) is 1.42. The van der Waals surface area contributed by atoms with Gasteiger partial charge in [0.1, 0.15) is 5.82 Å². The van der Waals surface area contributed by atoms with Gasteiger partial charge in [-0.2, -0.15) is 0 Å². The average Bonchev–Trinajstić information content (AvgIpc) is 1.94. The van der Waals surface area contributed by atoms with Gasteiger partial charge in [-0.1, -0.05) is 0 Å². The lowest BCUT2D eigenvalue weighted by Crippen LogP contribution is -2.06. The van der Waals surface area contributed by atoms with Crippen molar-refractivity contribution in [1.82, 2.24) is 4.98 Å². The van der Waals surface area contributed by atoms with E-state index in [1.54, 1.807) is 6.20 Å². The van der Waals surface area contributed by atoms with Crippen LogP contribution >= 0.6 is 22.6 Å². The van der Waals surface area contributed by atoms with Crippen LogP contribution in [0.1, 0.15) is 18.5 Å². The van der Waals surface area contributed by atoms with Gasteiger partial charge in [0.25, 0.3) is 0 Å². The summed E-state index contributed by atoms with van der Waals surface area (Å²) in [5.74, 6) is 0.565. The van der Waals surface area contributed by atoms with Crippen LogP contribution in [0.15, 0.2) is 12.3 Å². The van der Waals surface area contributed by atoms with Gasteiger partial charge in [0.2, 0.25) is 0 Å². The average molecular weight is 263 g/mol. The Kier molecular flexibility index (Phi) is 2.67. The van der Waals surface area contributed by atoms with Gasteiger partial charge in [0.05, 0.1) is 3.57 Å². The lowest BCUT2D eigenvalue weighted by atomic mass is 10.2. The Balaban J connectivity index is 3.05. The maximum atomic E-state index is 5.65. The van der Waals surface area contributed by atoms with Gasteiger partial charge in [0, 0.05) is 12.2 Å². The molecule has 0 amide bonds. The summed E-state index contributed by atoms with van der Waals surface area (Å²) < 4.78 is 0.956. The number of hydrogen-bond donors (Lipinski definition) is 2. The fourth-order valence-corrected chi connectivity index (χ4v) is 1.21. The van der Waals surface area contributed by atoms with Crippen molar-refractivity contribution in [2.45, 2.75) is 13.0 Å². The molecule has 1 aromatic rings. The third kappa shape index (κ3) is 2.03. The van der Waals surface area contributed by atoms with Crippen molar-refractivity contribution in [3.8, 4) is 0 Å². The second-order valence-electron chi connectivity index (χ2n) is 2.42. The monoisotopic (exact) mass is 263 g/mol. The van der Waals surface area contributed by atoms with Crippen molar-refractivity contribution in [3.05, 3.63) is 21.4 Å². The number of nitrogens with zero attached hydrogens (tertiary/aromatic N) is 1. The van der Waals surface area contributed by atoms with Crippen LogP contribution in [-0.2, 0) is 0 Å². The third-order valence-corrected chi connectivity index (χ3v) is 2.28. The molecule has 0 spiro atoms. The number of rotatable bonds is 1. The van der Waals surface area contributed by atoms with Crippen LogP contribution in [0.25, 0.3) is 0 Å². The number of aromatic nitrogens is 1. The molecule has 0 aliphatic heterocycles. The zero-order chi connectivity index (χ0) is 8.43. The van der Waals surface area contributed by atoms with Gasteiger partial charge in [-0.25, -0.2) is 4.98 Å². The first-order chi connectivity index (χ1) is 5.11. The molecule has 4 N–H and O–H groups in total. The Hall–Kier alpha value is -0.360. The van der Waals surface area contributed by atoms with Crippen molar-refractivity contribution in [1.29, 1.82) is 0 Å². The lowest BCUT2D eigenvalue weighted by molar-refractivity contribution is 0.811. The van der Waals surface area contributed by atoms with Gasteiger partial charge >= 0.3 is 0 Å². The molecule has 0 saturated carbocycles.